The van der Waals surface area contributed by atoms with Crippen LogP contribution in [0.25, 0.3) is 0 Å². The van der Waals surface area contributed by atoms with E-state index >= 15 is 0 Å². The van der Waals surface area contributed by atoms with Gasteiger partial charge in [-0.1, -0.05) is 13.3 Å². The molecular formula is C15H21F2N. The third kappa shape index (κ3) is 2.56. The molecule has 1 aromatic rings. The summed E-state index contributed by atoms with van der Waals surface area (Å²) in [7, 11) is 2.06. The fourth-order valence-corrected chi connectivity index (χ4v) is 3.12. The van der Waals surface area contributed by atoms with Crippen molar-refractivity contribution in [1.82, 2.24) is 4.90 Å². The van der Waals surface area contributed by atoms with Gasteiger partial charge in [-0.2, -0.15) is 0 Å². The van der Waals surface area contributed by atoms with E-state index in [0.29, 0.717) is 5.56 Å². The van der Waals surface area contributed by atoms with Crippen LogP contribution in [-0.2, 0) is 5.41 Å². The predicted molar refractivity (Wildman–Crippen MR) is 69.7 cm³/mol. The summed E-state index contributed by atoms with van der Waals surface area (Å²) in [5, 5.41) is 0. The molecule has 0 aromatic heterocycles. The second kappa shape index (κ2) is 5.35. The average Bonchev–Trinajstić information content (AvgIpc) is 2.55. The first kappa shape index (κ1) is 13.5. The maximum absolute atomic E-state index is 14.1. The SMILES string of the molecule is CCC1(c2cc(F)ccc2F)CCCCN(C)C1. The molecule has 1 fully saturated rings. The Morgan fingerprint density at radius 1 is 1.28 bits per heavy atom. The summed E-state index contributed by atoms with van der Waals surface area (Å²) in [5.41, 5.74) is 0.316. The number of hydrogen-bond donors (Lipinski definition) is 0. The average molecular weight is 253 g/mol. The van der Waals surface area contributed by atoms with Gasteiger partial charge < -0.3 is 4.90 Å². The minimum Gasteiger partial charge on any atom is -0.305 e. The van der Waals surface area contributed by atoms with Gasteiger partial charge in [0, 0.05) is 12.0 Å². The summed E-state index contributed by atoms with van der Waals surface area (Å²) in [6.07, 6.45) is 4.00. The van der Waals surface area contributed by atoms with Gasteiger partial charge in [-0.3, -0.25) is 0 Å². The van der Waals surface area contributed by atoms with Crippen molar-refractivity contribution in [1.29, 1.82) is 0 Å². The molecule has 2 rings (SSSR count). The van der Waals surface area contributed by atoms with Crippen molar-refractivity contribution in [3.63, 3.8) is 0 Å². The van der Waals surface area contributed by atoms with E-state index in [1.165, 1.54) is 18.2 Å². The molecule has 1 unspecified atom stereocenters. The van der Waals surface area contributed by atoms with E-state index in [0.717, 1.165) is 38.8 Å². The molecule has 0 N–H and O–H groups in total. The zero-order valence-corrected chi connectivity index (χ0v) is 11.2. The van der Waals surface area contributed by atoms with Gasteiger partial charge in [0.05, 0.1) is 0 Å². The monoisotopic (exact) mass is 253 g/mol. The maximum Gasteiger partial charge on any atom is 0.127 e. The minimum absolute atomic E-state index is 0.239. The molecule has 0 spiro atoms. The molecule has 1 nitrogen and oxygen atoms in total. The van der Waals surface area contributed by atoms with Crippen molar-refractivity contribution < 1.29 is 8.78 Å². The van der Waals surface area contributed by atoms with Crippen molar-refractivity contribution in [2.45, 2.75) is 38.0 Å². The fraction of sp³-hybridized carbons (Fsp3) is 0.600. The molecule has 0 amide bonds. The molecule has 100 valence electrons. The van der Waals surface area contributed by atoms with E-state index in [1.54, 1.807) is 0 Å². The van der Waals surface area contributed by atoms with Gasteiger partial charge in [-0.15, -0.1) is 0 Å². The van der Waals surface area contributed by atoms with Crippen LogP contribution in [0.3, 0.4) is 0 Å². The summed E-state index contributed by atoms with van der Waals surface area (Å²) in [4.78, 5) is 2.24. The summed E-state index contributed by atoms with van der Waals surface area (Å²) < 4.78 is 27.5. The molecular weight excluding hydrogens is 232 g/mol. The lowest BCUT2D eigenvalue weighted by Crippen LogP contribution is -2.38. The largest absolute Gasteiger partial charge is 0.305 e. The van der Waals surface area contributed by atoms with E-state index in [4.69, 9.17) is 0 Å². The van der Waals surface area contributed by atoms with Crippen LogP contribution in [0.5, 0.6) is 0 Å². The van der Waals surface area contributed by atoms with E-state index in [2.05, 4.69) is 18.9 Å². The number of likely N-dealkylation sites (tertiary alicyclic amines) is 1. The fourth-order valence-electron chi connectivity index (χ4n) is 3.12. The molecule has 1 heterocycles. The van der Waals surface area contributed by atoms with Crippen LogP contribution in [0.15, 0.2) is 18.2 Å². The molecule has 1 aromatic carbocycles. The highest BCUT2D eigenvalue weighted by atomic mass is 19.1. The molecule has 0 saturated carbocycles. The van der Waals surface area contributed by atoms with Crippen LogP contribution in [-0.4, -0.2) is 25.0 Å². The van der Waals surface area contributed by atoms with Crippen LogP contribution in [0.4, 0.5) is 8.78 Å². The summed E-state index contributed by atoms with van der Waals surface area (Å²) in [6, 6.07) is 3.84. The van der Waals surface area contributed by atoms with Gasteiger partial charge in [0.25, 0.3) is 0 Å². The Kier molecular flexibility index (Phi) is 4.00. The third-order valence-corrected chi connectivity index (χ3v) is 4.19. The van der Waals surface area contributed by atoms with Gasteiger partial charge in [0.1, 0.15) is 11.6 Å². The van der Waals surface area contributed by atoms with Gasteiger partial charge >= 0.3 is 0 Å². The lowest BCUT2D eigenvalue weighted by molar-refractivity contribution is 0.250. The van der Waals surface area contributed by atoms with Gasteiger partial charge in [0.2, 0.25) is 0 Å². The Morgan fingerprint density at radius 2 is 2.06 bits per heavy atom. The molecule has 1 aliphatic rings. The second-order valence-electron chi connectivity index (χ2n) is 5.45. The Hall–Kier alpha value is -0.960. The smallest absolute Gasteiger partial charge is 0.127 e. The van der Waals surface area contributed by atoms with Crippen LogP contribution in [0.2, 0.25) is 0 Å². The standard InChI is InChI=1S/C15H21F2N/c1-3-15(8-4-5-9-18(2)11-15)13-10-12(16)6-7-14(13)17/h6-7,10H,3-5,8-9,11H2,1-2H3. The molecule has 0 radical (unpaired) electrons. The minimum atomic E-state index is -0.342. The Labute approximate surface area is 108 Å². The Morgan fingerprint density at radius 3 is 2.78 bits per heavy atom. The second-order valence-corrected chi connectivity index (χ2v) is 5.45. The van der Waals surface area contributed by atoms with Crippen molar-refractivity contribution in [3.8, 4) is 0 Å². The summed E-state index contributed by atoms with van der Waals surface area (Å²) in [5.74, 6) is -0.611. The predicted octanol–water partition coefficient (Wildman–Crippen LogP) is 3.73. The van der Waals surface area contributed by atoms with E-state index < -0.39 is 0 Å². The number of benzene rings is 1. The lowest BCUT2D eigenvalue weighted by Gasteiger charge is -2.35. The van der Waals surface area contributed by atoms with Gasteiger partial charge in [-0.25, -0.2) is 8.78 Å². The molecule has 3 heteroatoms. The first-order valence-electron chi connectivity index (χ1n) is 6.71. The highest BCUT2D eigenvalue weighted by molar-refractivity contribution is 5.29. The quantitative estimate of drug-likeness (QED) is 0.776. The zero-order valence-electron chi connectivity index (χ0n) is 11.2. The number of nitrogens with zero attached hydrogens (tertiary/aromatic N) is 1. The molecule has 0 bridgehead atoms. The first-order chi connectivity index (χ1) is 8.57. The Bertz CT molecular complexity index is 419. The molecule has 18 heavy (non-hydrogen) atoms. The van der Waals surface area contributed by atoms with Crippen LogP contribution in [0, 0.1) is 11.6 Å². The van der Waals surface area contributed by atoms with Crippen LogP contribution in [0.1, 0.15) is 38.2 Å². The number of hydrogen-bond acceptors (Lipinski definition) is 1. The van der Waals surface area contributed by atoms with Crippen LogP contribution >= 0.6 is 0 Å². The van der Waals surface area contributed by atoms with E-state index in [-0.39, 0.29) is 17.0 Å². The Balaban J connectivity index is 2.44. The van der Waals surface area contributed by atoms with Gasteiger partial charge in [-0.05, 0) is 56.6 Å². The molecule has 1 aliphatic heterocycles. The number of likely N-dealkylation sites (N-methyl/N-ethyl adjacent to an activating group) is 1. The number of halogens is 2. The summed E-state index contributed by atoms with van der Waals surface area (Å²) >= 11 is 0. The molecule has 1 atom stereocenters. The van der Waals surface area contributed by atoms with Crippen LogP contribution < -0.4 is 0 Å². The molecule has 0 aliphatic carbocycles. The lowest BCUT2D eigenvalue weighted by atomic mass is 9.74. The summed E-state index contributed by atoms with van der Waals surface area (Å²) in [6.45, 7) is 3.92. The van der Waals surface area contributed by atoms with Crippen molar-refractivity contribution in [2.24, 2.45) is 0 Å². The topological polar surface area (TPSA) is 3.24 Å². The third-order valence-electron chi connectivity index (χ3n) is 4.19. The molecule has 1 saturated heterocycles. The zero-order chi connectivity index (χ0) is 13.2. The normalized spacial score (nSPS) is 26.0. The van der Waals surface area contributed by atoms with Crippen molar-refractivity contribution in [2.75, 3.05) is 20.1 Å². The van der Waals surface area contributed by atoms with Crippen molar-refractivity contribution in [3.05, 3.63) is 35.4 Å². The van der Waals surface area contributed by atoms with Crippen molar-refractivity contribution >= 4 is 0 Å². The highest BCUT2D eigenvalue weighted by Gasteiger charge is 2.35. The van der Waals surface area contributed by atoms with E-state index in [9.17, 15) is 8.78 Å². The van der Waals surface area contributed by atoms with Gasteiger partial charge in [0.15, 0.2) is 0 Å². The first-order valence-corrected chi connectivity index (χ1v) is 6.71. The highest BCUT2D eigenvalue weighted by Crippen LogP contribution is 2.37. The number of rotatable bonds is 2. The van der Waals surface area contributed by atoms with E-state index in [1.807, 2.05) is 0 Å². The maximum atomic E-state index is 14.1.